The first kappa shape index (κ1) is 20.6. The van der Waals surface area contributed by atoms with Crippen LogP contribution in [0.1, 0.15) is 41.4 Å². The lowest BCUT2D eigenvalue weighted by Crippen LogP contribution is -2.39. The van der Waals surface area contributed by atoms with Crippen LogP contribution in [0.25, 0.3) is 0 Å². The van der Waals surface area contributed by atoms with E-state index in [0.717, 1.165) is 5.56 Å². The fourth-order valence-electron chi connectivity index (χ4n) is 2.37. The molecule has 0 spiro atoms. The molecule has 1 atom stereocenters. The summed E-state index contributed by atoms with van der Waals surface area (Å²) < 4.78 is 5.40. The Hall–Kier alpha value is -3.68. The number of carbonyl (C=O) groups is 3. The maximum absolute atomic E-state index is 12.0. The Bertz CT molecular complexity index is 881. The summed E-state index contributed by atoms with van der Waals surface area (Å²) in [5, 5.41) is 15.4. The standard InChI is InChI=1S/C20H21N3O5/c1-3-28-17-10-9-15(20(26)27)11-16(17)12-21-23-19(25)18(24)22-13(2)14-7-5-4-6-8-14/h4-13H,3H2,1-2H3,(H,22,24)(H,23,25)(H,26,27)/b21-12-/t13-/m0/s1. The number of ether oxygens (including phenoxy) is 1. The van der Waals surface area contributed by atoms with Crippen molar-refractivity contribution in [3.05, 3.63) is 65.2 Å². The molecule has 146 valence electrons. The van der Waals surface area contributed by atoms with Gasteiger partial charge in [-0.15, -0.1) is 0 Å². The third-order valence-electron chi connectivity index (χ3n) is 3.78. The number of nitrogens with one attached hydrogen (secondary N) is 2. The number of hydrazone groups is 1. The van der Waals surface area contributed by atoms with E-state index in [-0.39, 0.29) is 11.6 Å². The van der Waals surface area contributed by atoms with E-state index in [4.69, 9.17) is 9.84 Å². The molecule has 2 amide bonds. The molecule has 0 aromatic heterocycles. The summed E-state index contributed by atoms with van der Waals surface area (Å²) in [5.41, 5.74) is 3.39. The lowest BCUT2D eigenvalue weighted by Gasteiger charge is -2.13. The van der Waals surface area contributed by atoms with Crippen molar-refractivity contribution in [3.63, 3.8) is 0 Å². The Kier molecular flexibility index (Phi) is 7.27. The summed E-state index contributed by atoms with van der Waals surface area (Å²) in [5.74, 6) is -2.46. The molecule has 0 unspecified atom stereocenters. The lowest BCUT2D eigenvalue weighted by atomic mass is 10.1. The van der Waals surface area contributed by atoms with Crippen LogP contribution in [0.4, 0.5) is 0 Å². The highest BCUT2D eigenvalue weighted by atomic mass is 16.5. The quantitative estimate of drug-likeness (QED) is 0.385. The van der Waals surface area contributed by atoms with Crippen LogP contribution in [0.3, 0.4) is 0 Å². The zero-order chi connectivity index (χ0) is 20.5. The first-order valence-corrected chi connectivity index (χ1v) is 8.61. The van der Waals surface area contributed by atoms with E-state index in [9.17, 15) is 14.4 Å². The van der Waals surface area contributed by atoms with Crippen LogP contribution >= 0.6 is 0 Å². The average Bonchev–Trinajstić information content (AvgIpc) is 2.69. The molecule has 28 heavy (non-hydrogen) atoms. The van der Waals surface area contributed by atoms with Gasteiger partial charge in [-0.1, -0.05) is 30.3 Å². The SMILES string of the molecule is CCOc1ccc(C(=O)O)cc1/C=N\NC(=O)C(=O)N[C@@H](C)c1ccccc1. The largest absolute Gasteiger partial charge is 0.493 e. The lowest BCUT2D eigenvalue weighted by molar-refractivity contribution is -0.139. The van der Waals surface area contributed by atoms with Gasteiger partial charge in [0.05, 0.1) is 24.4 Å². The predicted octanol–water partition coefficient (Wildman–Crippen LogP) is 2.11. The summed E-state index contributed by atoms with van der Waals surface area (Å²) in [6, 6.07) is 13.1. The van der Waals surface area contributed by atoms with Crippen LogP contribution in [0.2, 0.25) is 0 Å². The van der Waals surface area contributed by atoms with E-state index in [1.807, 2.05) is 30.3 Å². The van der Waals surface area contributed by atoms with E-state index < -0.39 is 17.8 Å². The molecular formula is C20H21N3O5. The van der Waals surface area contributed by atoms with Crippen molar-refractivity contribution < 1.29 is 24.2 Å². The third-order valence-corrected chi connectivity index (χ3v) is 3.78. The Morgan fingerprint density at radius 2 is 1.86 bits per heavy atom. The molecule has 0 fully saturated rings. The number of aromatic carboxylic acids is 1. The summed E-state index contributed by atoms with van der Waals surface area (Å²) >= 11 is 0. The fraction of sp³-hybridized carbons (Fsp3) is 0.200. The van der Waals surface area contributed by atoms with Gasteiger partial charge in [-0.25, -0.2) is 10.2 Å². The summed E-state index contributed by atoms with van der Waals surface area (Å²) in [6.07, 6.45) is 1.23. The molecular weight excluding hydrogens is 362 g/mol. The van der Waals surface area contributed by atoms with Gasteiger partial charge in [-0.3, -0.25) is 9.59 Å². The highest BCUT2D eigenvalue weighted by molar-refractivity contribution is 6.35. The number of rotatable bonds is 7. The van der Waals surface area contributed by atoms with Crippen molar-refractivity contribution in [2.75, 3.05) is 6.61 Å². The zero-order valence-electron chi connectivity index (χ0n) is 15.5. The van der Waals surface area contributed by atoms with E-state index in [1.165, 1.54) is 24.4 Å². The van der Waals surface area contributed by atoms with E-state index in [1.54, 1.807) is 13.8 Å². The van der Waals surface area contributed by atoms with Gasteiger partial charge in [0.15, 0.2) is 0 Å². The van der Waals surface area contributed by atoms with Gasteiger partial charge in [0.2, 0.25) is 0 Å². The Morgan fingerprint density at radius 1 is 1.14 bits per heavy atom. The van der Waals surface area contributed by atoms with Gasteiger partial charge in [-0.05, 0) is 37.6 Å². The molecule has 2 rings (SSSR count). The first-order valence-electron chi connectivity index (χ1n) is 8.61. The minimum Gasteiger partial charge on any atom is -0.493 e. The summed E-state index contributed by atoms with van der Waals surface area (Å²) in [7, 11) is 0. The monoisotopic (exact) mass is 383 g/mol. The van der Waals surface area contributed by atoms with Crippen LogP contribution in [-0.2, 0) is 9.59 Å². The Labute approximate surface area is 162 Å². The number of hydrogen-bond donors (Lipinski definition) is 3. The third kappa shape index (κ3) is 5.66. The molecule has 0 radical (unpaired) electrons. The minimum atomic E-state index is -1.10. The van der Waals surface area contributed by atoms with Crippen LogP contribution in [0.15, 0.2) is 53.6 Å². The van der Waals surface area contributed by atoms with Crippen molar-refractivity contribution >= 4 is 24.0 Å². The summed E-state index contributed by atoms with van der Waals surface area (Å²) in [4.78, 5) is 35.0. The number of carbonyl (C=O) groups excluding carboxylic acids is 2. The Morgan fingerprint density at radius 3 is 2.50 bits per heavy atom. The zero-order valence-corrected chi connectivity index (χ0v) is 15.5. The molecule has 0 aliphatic rings. The summed E-state index contributed by atoms with van der Waals surface area (Å²) in [6.45, 7) is 3.92. The highest BCUT2D eigenvalue weighted by Crippen LogP contribution is 2.18. The predicted molar refractivity (Wildman–Crippen MR) is 103 cm³/mol. The maximum atomic E-state index is 12.0. The number of benzene rings is 2. The minimum absolute atomic E-state index is 0.0469. The van der Waals surface area contributed by atoms with Gasteiger partial charge in [0.25, 0.3) is 0 Å². The highest BCUT2D eigenvalue weighted by Gasteiger charge is 2.16. The second-order valence-corrected chi connectivity index (χ2v) is 5.80. The van der Waals surface area contributed by atoms with Crippen molar-refractivity contribution in [1.82, 2.24) is 10.7 Å². The van der Waals surface area contributed by atoms with Crippen molar-refractivity contribution in [1.29, 1.82) is 0 Å². The molecule has 0 saturated carbocycles. The molecule has 2 aromatic carbocycles. The second-order valence-electron chi connectivity index (χ2n) is 5.80. The normalized spacial score (nSPS) is 11.6. The molecule has 8 nitrogen and oxygen atoms in total. The molecule has 0 bridgehead atoms. The second kappa shape index (κ2) is 9.86. The van der Waals surface area contributed by atoms with E-state index in [2.05, 4.69) is 15.8 Å². The molecule has 0 heterocycles. The number of carboxylic acids is 1. The molecule has 0 saturated heterocycles. The average molecular weight is 383 g/mol. The molecule has 0 aliphatic heterocycles. The van der Waals surface area contributed by atoms with E-state index >= 15 is 0 Å². The molecule has 3 N–H and O–H groups in total. The van der Waals surface area contributed by atoms with Crippen molar-refractivity contribution in [3.8, 4) is 5.75 Å². The van der Waals surface area contributed by atoms with Crippen LogP contribution in [-0.4, -0.2) is 35.7 Å². The number of hydrogen-bond acceptors (Lipinski definition) is 5. The van der Waals surface area contributed by atoms with Gasteiger partial charge in [-0.2, -0.15) is 5.10 Å². The number of carboxylic acid groups (broad SMARTS) is 1. The van der Waals surface area contributed by atoms with Gasteiger partial charge >= 0.3 is 17.8 Å². The number of nitrogens with zero attached hydrogens (tertiary/aromatic N) is 1. The maximum Gasteiger partial charge on any atom is 0.335 e. The van der Waals surface area contributed by atoms with Crippen LogP contribution in [0.5, 0.6) is 5.75 Å². The first-order chi connectivity index (χ1) is 13.4. The smallest absolute Gasteiger partial charge is 0.335 e. The van der Waals surface area contributed by atoms with Crippen molar-refractivity contribution in [2.45, 2.75) is 19.9 Å². The number of amides is 2. The topological polar surface area (TPSA) is 117 Å². The molecule has 0 aliphatic carbocycles. The van der Waals surface area contributed by atoms with Gasteiger partial charge in [0.1, 0.15) is 5.75 Å². The van der Waals surface area contributed by atoms with Gasteiger partial charge < -0.3 is 15.2 Å². The van der Waals surface area contributed by atoms with Crippen molar-refractivity contribution in [2.24, 2.45) is 5.10 Å². The van der Waals surface area contributed by atoms with Crippen LogP contribution < -0.4 is 15.5 Å². The van der Waals surface area contributed by atoms with Gasteiger partial charge in [0, 0.05) is 5.56 Å². The fourth-order valence-corrected chi connectivity index (χ4v) is 2.37. The van der Waals surface area contributed by atoms with E-state index in [0.29, 0.717) is 17.9 Å². The molecule has 8 heteroatoms. The van der Waals surface area contributed by atoms with Crippen LogP contribution in [0, 0.1) is 0 Å². The molecule has 2 aromatic rings. The Balaban J connectivity index is 2.01.